The number of nitrogens with one attached hydrogen (secondary N) is 1. The van der Waals surface area contributed by atoms with Crippen LogP contribution in [-0.2, 0) is 23.1 Å². The van der Waals surface area contributed by atoms with E-state index in [1.54, 1.807) is 10.9 Å². The van der Waals surface area contributed by atoms with Crippen LogP contribution in [0.1, 0.15) is 32.0 Å². The average molecular weight is 294 g/mol. The highest BCUT2D eigenvalue weighted by Crippen LogP contribution is 2.38. The van der Waals surface area contributed by atoms with Gasteiger partial charge in [-0.25, -0.2) is 0 Å². The molecule has 0 radical (unpaired) electrons. The molecule has 7 heteroatoms. The van der Waals surface area contributed by atoms with Gasteiger partial charge in [0.1, 0.15) is 12.2 Å². The van der Waals surface area contributed by atoms with Gasteiger partial charge in [0, 0.05) is 20.0 Å². The van der Waals surface area contributed by atoms with E-state index in [1.807, 2.05) is 14.0 Å². The van der Waals surface area contributed by atoms with Crippen LogP contribution >= 0.6 is 0 Å². The molecule has 2 rings (SSSR count). The van der Waals surface area contributed by atoms with Crippen molar-refractivity contribution in [3.8, 4) is 0 Å². The van der Waals surface area contributed by atoms with Crippen molar-refractivity contribution in [1.29, 1.82) is 0 Å². The lowest BCUT2D eigenvalue weighted by molar-refractivity contribution is -0.146. The number of carboxylic acid groups (broad SMARTS) is 1. The van der Waals surface area contributed by atoms with Gasteiger partial charge in [-0.15, -0.1) is 10.2 Å². The van der Waals surface area contributed by atoms with Gasteiger partial charge in [0.05, 0.1) is 11.8 Å². The van der Waals surface area contributed by atoms with Crippen LogP contribution < -0.4 is 5.32 Å². The summed E-state index contributed by atoms with van der Waals surface area (Å²) in [6, 6.07) is 0. The van der Waals surface area contributed by atoms with Gasteiger partial charge in [-0.2, -0.15) is 0 Å². The van der Waals surface area contributed by atoms with Gasteiger partial charge >= 0.3 is 5.97 Å². The van der Waals surface area contributed by atoms with Crippen LogP contribution in [0.4, 0.5) is 0 Å². The van der Waals surface area contributed by atoms with E-state index in [9.17, 15) is 14.7 Å². The van der Waals surface area contributed by atoms with Crippen LogP contribution in [0.3, 0.4) is 0 Å². The third-order valence-corrected chi connectivity index (χ3v) is 4.34. The highest BCUT2D eigenvalue weighted by atomic mass is 16.4. The molecule has 0 aromatic carbocycles. The minimum absolute atomic E-state index is 0.152. The van der Waals surface area contributed by atoms with Crippen molar-refractivity contribution in [3.05, 3.63) is 12.2 Å². The Morgan fingerprint density at radius 1 is 1.43 bits per heavy atom. The molecule has 1 heterocycles. The lowest BCUT2D eigenvalue weighted by Crippen LogP contribution is -2.36. The lowest BCUT2D eigenvalue weighted by atomic mass is 9.95. The highest BCUT2D eigenvalue weighted by Gasteiger charge is 2.41. The lowest BCUT2D eigenvalue weighted by Gasteiger charge is -2.15. The van der Waals surface area contributed by atoms with Gasteiger partial charge in [-0.3, -0.25) is 9.59 Å². The minimum Gasteiger partial charge on any atom is -0.481 e. The number of hydrogen-bond acceptors (Lipinski definition) is 4. The number of hydrogen-bond donors (Lipinski definition) is 2. The van der Waals surface area contributed by atoms with E-state index < -0.39 is 17.8 Å². The molecule has 1 saturated carbocycles. The second kappa shape index (κ2) is 6.69. The molecule has 21 heavy (non-hydrogen) atoms. The van der Waals surface area contributed by atoms with Gasteiger partial charge in [-0.05, 0) is 18.8 Å². The Bertz CT molecular complexity index is 514. The van der Waals surface area contributed by atoms with Crippen molar-refractivity contribution < 1.29 is 14.7 Å². The monoisotopic (exact) mass is 294 g/mol. The number of nitrogens with zero attached hydrogens (tertiary/aromatic N) is 3. The molecule has 1 aliphatic carbocycles. The molecule has 0 bridgehead atoms. The van der Waals surface area contributed by atoms with Crippen molar-refractivity contribution in [2.75, 3.05) is 6.54 Å². The maximum Gasteiger partial charge on any atom is 0.307 e. The van der Waals surface area contributed by atoms with Gasteiger partial charge in [0.25, 0.3) is 0 Å². The zero-order valence-electron chi connectivity index (χ0n) is 12.5. The summed E-state index contributed by atoms with van der Waals surface area (Å²) in [4.78, 5) is 23.5. The molecule has 0 saturated heterocycles. The Kier molecular flexibility index (Phi) is 4.93. The van der Waals surface area contributed by atoms with Gasteiger partial charge < -0.3 is 15.0 Å². The predicted molar refractivity (Wildman–Crippen MR) is 75.3 cm³/mol. The Hall–Kier alpha value is -1.92. The van der Waals surface area contributed by atoms with E-state index in [2.05, 4.69) is 15.5 Å². The van der Waals surface area contributed by atoms with Crippen molar-refractivity contribution in [2.24, 2.45) is 24.8 Å². The molecule has 1 aromatic heterocycles. The van der Waals surface area contributed by atoms with E-state index in [-0.39, 0.29) is 5.91 Å². The number of aromatic nitrogens is 3. The number of aliphatic carboxylic acids is 1. The van der Waals surface area contributed by atoms with Gasteiger partial charge in [0.2, 0.25) is 5.91 Å². The summed E-state index contributed by atoms with van der Waals surface area (Å²) >= 11 is 0. The fourth-order valence-electron chi connectivity index (χ4n) is 3.00. The van der Waals surface area contributed by atoms with Crippen molar-refractivity contribution in [2.45, 2.75) is 32.6 Å². The Labute approximate surface area is 123 Å². The fourth-order valence-corrected chi connectivity index (χ4v) is 3.00. The zero-order chi connectivity index (χ0) is 15.4. The fraction of sp³-hybridized carbons (Fsp3) is 0.714. The number of carboxylic acids is 1. The van der Waals surface area contributed by atoms with E-state index in [0.29, 0.717) is 31.7 Å². The Balaban J connectivity index is 1.87. The molecule has 3 atom stereocenters. The summed E-state index contributed by atoms with van der Waals surface area (Å²) in [5.74, 6) is -0.847. The second-order valence-corrected chi connectivity index (χ2v) is 5.70. The number of carbonyl (C=O) groups excluding carboxylic acids is 1. The molecule has 1 unspecified atom stereocenters. The molecule has 1 aliphatic rings. The molecule has 7 nitrogen and oxygen atoms in total. The standard InChI is InChI=1S/C14H22N4O3/c1-3-9-6-10(11(7-9)14(20)21)13(19)15-5-4-12-17-16-8-18(12)2/h8-11H,3-7H2,1-2H3,(H,15,19)(H,20,21)/t9?,10-,11+/m0/s1. The first-order valence-electron chi connectivity index (χ1n) is 7.36. The summed E-state index contributed by atoms with van der Waals surface area (Å²) in [6.45, 7) is 2.49. The summed E-state index contributed by atoms with van der Waals surface area (Å²) in [6.07, 6.45) is 4.40. The summed E-state index contributed by atoms with van der Waals surface area (Å²) in [5, 5.41) is 19.8. The molecule has 1 amide bonds. The molecule has 116 valence electrons. The highest BCUT2D eigenvalue weighted by molar-refractivity contribution is 5.85. The number of amides is 1. The first-order chi connectivity index (χ1) is 10.0. The van der Waals surface area contributed by atoms with Gasteiger partial charge in [0.15, 0.2) is 0 Å². The molecule has 1 aromatic rings. The second-order valence-electron chi connectivity index (χ2n) is 5.70. The first-order valence-corrected chi connectivity index (χ1v) is 7.36. The predicted octanol–water partition coefficient (Wildman–Crippen LogP) is 0.611. The summed E-state index contributed by atoms with van der Waals surface area (Å²) in [5.41, 5.74) is 0. The van der Waals surface area contributed by atoms with Crippen LogP contribution in [0.15, 0.2) is 6.33 Å². The Morgan fingerprint density at radius 2 is 2.14 bits per heavy atom. The average Bonchev–Trinajstić information content (AvgIpc) is 3.05. The molecule has 0 aliphatic heterocycles. The minimum atomic E-state index is -0.862. The van der Waals surface area contributed by atoms with E-state index >= 15 is 0 Å². The van der Waals surface area contributed by atoms with Crippen LogP contribution in [0, 0.1) is 17.8 Å². The quantitative estimate of drug-likeness (QED) is 0.801. The third kappa shape index (κ3) is 3.59. The third-order valence-electron chi connectivity index (χ3n) is 4.34. The van der Waals surface area contributed by atoms with E-state index in [4.69, 9.17) is 0 Å². The maximum atomic E-state index is 12.2. The number of carbonyl (C=O) groups is 2. The van der Waals surface area contributed by atoms with Gasteiger partial charge in [-0.1, -0.05) is 13.3 Å². The molecule has 0 spiro atoms. The van der Waals surface area contributed by atoms with Crippen LogP contribution in [0.5, 0.6) is 0 Å². The number of rotatable bonds is 6. The largest absolute Gasteiger partial charge is 0.481 e. The first kappa shape index (κ1) is 15.5. The molecular formula is C14H22N4O3. The topological polar surface area (TPSA) is 97.1 Å². The molecular weight excluding hydrogens is 272 g/mol. The van der Waals surface area contributed by atoms with Crippen LogP contribution in [0.2, 0.25) is 0 Å². The zero-order valence-corrected chi connectivity index (χ0v) is 12.5. The smallest absolute Gasteiger partial charge is 0.307 e. The van der Waals surface area contributed by atoms with Crippen molar-refractivity contribution >= 4 is 11.9 Å². The Morgan fingerprint density at radius 3 is 2.71 bits per heavy atom. The SMILES string of the molecule is CCC1C[C@H](C(=O)NCCc2nncn2C)[C@H](C(=O)O)C1. The molecule has 2 N–H and O–H groups in total. The van der Waals surface area contributed by atoms with E-state index in [0.717, 1.165) is 12.2 Å². The van der Waals surface area contributed by atoms with Crippen molar-refractivity contribution in [3.63, 3.8) is 0 Å². The summed E-state index contributed by atoms with van der Waals surface area (Å²) < 4.78 is 1.80. The number of aryl methyl sites for hydroxylation is 1. The maximum absolute atomic E-state index is 12.2. The molecule has 1 fully saturated rings. The van der Waals surface area contributed by atoms with Crippen LogP contribution in [-0.4, -0.2) is 38.3 Å². The summed E-state index contributed by atoms with van der Waals surface area (Å²) in [7, 11) is 1.85. The van der Waals surface area contributed by atoms with Crippen LogP contribution in [0.25, 0.3) is 0 Å². The van der Waals surface area contributed by atoms with E-state index in [1.165, 1.54) is 0 Å². The van der Waals surface area contributed by atoms with Crippen molar-refractivity contribution in [1.82, 2.24) is 20.1 Å². The normalized spacial score (nSPS) is 25.0.